The first-order valence-corrected chi connectivity index (χ1v) is 7.50. The Morgan fingerprint density at radius 1 is 1.38 bits per heavy atom. The van der Waals surface area contributed by atoms with E-state index in [2.05, 4.69) is 26.0 Å². The average Bonchev–Trinajstić information content (AvgIpc) is 2.89. The van der Waals surface area contributed by atoms with Crippen LogP contribution in [0.2, 0.25) is 0 Å². The monoisotopic (exact) mass is 349 g/mol. The van der Waals surface area contributed by atoms with Crippen LogP contribution in [0.25, 0.3) is 11.8 Å². The van der Waals surface area contributed by atoms with E-state index in [9.17, 15) is 4.79 Å². The van der Waals surface area contributed by atoms with Crippen LogP contribution in [0.4, 0.5) is 0 Å². The number of hydrogen-bond donors (Lipinski definition) is 1. The molecule has 0 spiro atoms. The lowest BCUT2D eigenvalue weighted by Gasteiger charge is -2.09. The molecule has 0 aliphatic heterocycles. The molecule has 0 atom stereocenters. The number of carboxylic acid groups (broad SMARTS) is 1. The molecule has 1 heterocycles. The summed E-state index contributed by atoms with van der Waals surface area (Å²) in [4.78, 5) is 15.2. The van der Waals surface area contributed by atoms with Crippen LogP contribution in [0.1, 0.15) is 31.1 Å². The number of rotatable bonds is 5. The topological polar surface area (TPSA) is 68.0 Å². The second kappa shape index (κ2) is 6.67. The summed E-state index contributed by atoms with van der Waals surface area (Å²) >= 11 is 3.44. The van der Waals surface area contributed by atoms with Crippen molar-refractivity contribution in [1.29, 1.82) is 0 Å². The maximum Gasteiger partial charge on any atom is 0.328 e. The Morgan fingerprint density at radius 3 is 2.76 bits per heavy atom. The van der Waals surface area contributed by atoms with Crippen LogP contribution in [0.5, 0.6) is 0 Å². The highest BCUT2D eigenvalue weighted by Gasteiger charge is 2.12. The number of aliphatic carboxylic acids is 1. The maximum absolute atomic E-state index is 10.7. The van der Waals surface area contributed by atoms with Gasteiger partial charge in [0.25, 0.3) is 0 Å². The summed E-state index contributed by atoms with van der Waals surface area (Å²) in [5.41, 5.74) is 1.59. The molecule has 1 N–H and O–H groups in total. The number of carbonyl (C=O) groups is 1. The number of nitrogens with zero attached hydrogens (tertiary/aromatic N) is 3. The molecule has 0 fully saturated rings. The van der Waals surface area contributed by atoms with Gasteiger partial charge < -0.3 is 5.11 Å². The average molecular weight is 350 g/mol. The van der Waals surface area contributed by atoms with Crippen molar-refractivity contribution in [3.05, 3.63) is 46.0 Å². The predicted molar refractivity (Wildman–Crippen MR) is 84.5 cm³/mol. The van der Waals surface area contributed by atoms with E-state index >= 15 is 0 Å². The Balaban J connectivity index is 2.58. The van der Waals surface area contributed by atoms with Crippen LogP contribution < -0.4 is 0 Å². The van der Waals surface area contributed by atoms with Crippen molar-refractivity contribution in [2.24, 2.45) is 0 Å². The largest absolute Gasteiger partial charge is 0.478 e. The molecule has 2 aromatic rings. The molecular formula is C15H16BrN3O2. The highest BCUT2D eigenvalue weighted by Crippen LogP contribution is 2.22. The van der Waals surface area contributed by atoms with Gasteiger partial charge in [-0.05, 0) is 18.2 Å². The minimum Gasteiger partial charge on any atom is -0.478 e. The van der Waals surface area contributed by atoms with E-state index in [1.807, 2.05) is 32.0 Å². The number of carboxylic acids is 1. The van der Waals surface area contributed by atoms with Gasteiger partial charge in [-0.25, -0.2) is 14.5 Å². The summed E-state index contributed by atoms with van der Waals surface area (Å²) < 4.78 is 2.69. The zero-order valence-electron chi connectivity index (χ0n) is 11.9. The van der Waals surface area contributed by atoms with Crippen LogP contribution in [-0.2, 0) is 17.6 Å². The molecule has 110 valence electrons. The zero-order valence-corrected chi connectivity index (χ0v) is 13.5. The summed E-state index contributed by atoms with van der Waals surface area (Å²) in [5.74, 6) is 0.655. The van der Waals surface area contributed by atoms with Crippen LogP contribution >= 0.6 is 15.9 Å². The third-order valence-electron chi connectivity index (χ3n) is 2.98. The van der Waals surface area contributed by atoms with Gasteiger partial charge in [0.05, 0.1) is 5.69 Å². The van der Waals surface area contributed by atoms with Crippen LogP contribution in [-0.4, -0.2) is 25.8 Å². The molecule has 0 aliphatic rings. The molecule has 0 amide bonds. The summed E-state index contributed by atoms with van der Waals surface area (Å²) in [6.45, 7) is 4.02. The van der Waals surface area contributed by atoms with Crippen molar-refractivity contribution in [2.45, 2.75) is 26.7 Å². The fourth-order valence-corrected chi connectivity index (χ4v) is 2.31. The Bertz CT molecular complexity index is 692. The quantitative estimate of drug-likeness (QED) is 0.841. The number of benzene rings is 1. The van der Waals surface area contributed by atoms with Gasteiger partial charge in [-0.1, -0.05) is 35.8 Å². The van der Waals surface area contributed by atoms with Gasteiger partial charge in [-0.3, -0.25) is 0 Å². The van der Waals surface area contributed by atoms with E-state index in [0.717, 1.165) is 46.3 Å². The number of aromatic nitrogens is 3. The van der Waals surface area contributed by atoms with E-state index in [0.29, 0.717) is 0 Å². The molecule has 0 bridgehead atoms. The molecule has 1 aromatic heterocycles. The third kappa shape index (κ3) is 3.58. The number of aryl methyl sites for hydroxylation is 2. The van der Waals surface area contributed by atoms with Crippen LogP contribution in [0, 0.1) is 0 Å². The lowest BCUT2D eigenvalue weighted by atomic mass is 10.1. The van der Waals surface area contributed by atoms with Crippen LogP contribution in [0.15, 0.2) is 28.7 Å². The summed E-state index contributed by atoms with van der Waals surface area (Å²) in [5, 5.41) is 13.3. The van der Waals surface area contributed by atoms with Crippen LogP contribution in [0.3, 0.4) is 0 Å². The van der Waals surface area contributed by atoms with E-state index < -0.39 is 5.97 Å². The van der Waals surface area contributed by atoms with Gasteiger partial charge in [0.1, 0.15) is 5.82 Å². The van der Waals surface area contributed by atoms with Crippen molar-refractivity contribution in [2.75, 3.05) is 0 Å². The SMILES string of the molecule is CCc1nc(CC)n(-c2cc(Br)ccc2C=CC(=O)O)n1. The van der Waals surface area contributed by atoms with Gasteiger partial charge in [-0.15, -0.1) is 0 Å². The molecule has 0 saturated carbocycles. The first-order valence-electron chi connectivity index (χ1n) is 6.70. The Morgan fingerprint density at radius 2 is 2.14 bits per heavy atom. The number of hydrogen-bond acceptors (Lipinski definition) is 3. The molecular weight excluding hydrogens is 334 g/mol. The molecule has 0 unspecified atom stereocenters. The fourth-order valence-electron chi connectivity index (χ4n) is 1.97. The molecule has 21 heavy (non-hydrogen) atoms. The maximum atomic E-state index is 10.7. The molecule has 0 saturated heterocycles. The highest BCUT2D eigenvalue weighted by molar-refractivity contribution is 9.10. The van der Waals surface area contributed by atoms with Gasteiger partial charge in [0.2, 0.25) is 0 Å². The predicted octanol–water partition coefficient (Wildman–Crippen LogP) is 3.25. The molecule has 2 rings (SSSR count). The first kappa shape index (κ1) is 15.4. The van der Waals surface area contributed by atoms with Crippen molar-refractivity contribution in [1.82, 2.24) is 14.8 Å². The summed E-state index contributed by atoms with van der Waals surface area (Å²) in [7, 11) is 0. The Kier molecular flexibility index (Phi) is 4.90. The van der Waals surface area contributed by atoms with Gasteiger partial charge in [0.15, 0.2) is 5.82 Å². The third-order valence-corrected chi connectivity index (χ3v) is 3.47. The van der Waals surface area contributed by atoms with E-state index in [1.165, 1.54) is 0 Å². The molecule has 5 nitrogen and oxygen atoms in total. The summed E-state index contributed by atoms with van der Waals surface area (Å²) in [6.07, 6.45) is 4.20. The lowest BCUT2D eigenvalue weighted by Crippen LogP contribution is -2.04. The number of halogens is 1. The first-order chi connectivity index (χ1) is 10.0. The van der Waals surface area contributed by atoms with Crippen molar-refractivity contribution in [3.8, 4) is 5.69 Å². The Hall–Kier alpha value is -1.95. The Labute approximate surface area is 131 Å². The van der Waals surface area contributed by atoms with Gasteiger partial charge >= 0.3 is 5.97 Å². The molecule has 1 aromatic carbocycles. The van der Waals surface area contributed by atoms with Gasteiger partial charge in [0, 0.05) is 29.0 Å². The minimum absolute atomic E-state index is 0.752. The standard InChI is InChI=1S/C15H16BrN3O2/c1-3-13-17-14(4-2)19(18-13)12-9-11(16)7-5-10(12)6-8-15(20)21/h5-9H,3-4H2,1-2H3,(H,20,21). The second-order valence-corrected chi connectivity index (χ2v) is 5.35. The van der Waals surface area contributed by atoms with E-state index in [4.69, 9.17) is 5.11 Å². The lowest BCUT2D eigenvalue weighted by molar-refractivity contribution is -0.131. The van der Waals surface area contributed by atoms with Gasteiger partial charge in [-0.2, -0.15) is 5.10 Å². The summed E-state index contributed by atoms with van der Waals surface area (Å²) in [6, 6.07) is 5.63. The minimum atomic E-state index is -0.979. The van der Waals surface area contributed by atoms with Crippen molar-refractivity contribution < 1.29 is 9.90 Å². The molecule has 0 radical (unpaired) electrons. The molecule has 6 heteroatoms. The highest BCUT2D eigenvalue weighted by atomic mass is 79.9. The van der Waals surface area contributed by atoms with Crippen molar-refractivity contribution in [3.63, 3.8) is 0 Å². The normalized spacial score (nSPS) is 11.2. The molecule has 0 aliphatic carbocycles. The van der Waals surface area contributed by atoms with E-state index in [1.54, 1.807) is 10.8 Å². The second-order valence-electron chi connectivity index (χ2n) is 4.44. The fraction of sp³-hybridized carbons (Fsp3) is 0.267. The van der Waals surface area contributed by atoms with E-state index in [-0.39, 0.29) is 0 Å². The zero-order chi connectivity index (χ0) is 15.4. The smallest absolute Gasteiger partial charge is 0.328 e. The van der Waals surface area contributed by atoms with Crippen molar-refractivity contribution >= 4 is 28.0 Å².